The van der Waals surface area contributed by atoms with E-state index in [9.17, 15) is 13.6 Å². The Labute approximate surface area is 112 Å². The molecule has 0 saturated heterocycles. The lowest BCUT2D eigenvalue weighted by Gasteiger charge is -2.05. The van der Waals surface area contributed by atoms with Crippen LogP contribution in [-0.2, 0) is 18.3 Å². The minimum atomic E-state index is -2.87. The van der Waals surface area contributed by atoms with Crippen LogP contribution in [-0.4, -0.2) is 32.7 Å². The van der Waals surface area contributed by atoms with E-state index in [0.717, 1.165) is 0 Å². The second-order valence-electron chi connectivity index (χ2n) is 3.85. The maximum Gasteiger partial charge on any atom is 0.387 e. The summed E-state index contributed by atoms with van der Waals surface area (Å²) >= 11 is 0. The molecule has 0 bridgehead atoms. The molecule has 7 nitrogen and oxygen atoms in total. The van der Waals surface area contributed by atoms with Gasteiger partial charge in [-0.1, -0.05) is 17.2 Å². The Bertz CT molecular complexity index is 585. The Morgan fingerprint density at radius 1 is 1.40 bits per heavy atom. The molecule has 106 valence electrons. The molecule has 1 heterocycles. The molecule has 0 unspecified atom stereocenters. The third-order valence-corrected chi connectivity index (χ3v) is 2.27. The lowest BCUT2D eigenvalue weighted by Crippen LogP contribution is -2.15. The first-order valence-electron chi connectivity index (χ1n) is 5.60. The van der Waals surface area contributed by atoms with Crippen molar-refractivity contribution >= 4 is 11.9 Å². The maximum absolute atomic E-state index is 12.0. The van der Waals surface area contributed by atoms with Crippen molar-refractivity contribution in [3.8, 4) is 5.75 Å². The number of aromatic nitrogens is 4. The van der Waals surface area contributed by atoms with E-state index in [0.29, 0.717) is 5.56 Å². The fraction of sp³-hybridized carbons (Fsp3) is 0.273. The third kappa shape index (κ3) is 3.97. The third-order valence-electron chi connectivity index (χ3n) is 2.27. The number of amides is 1. The van der Waals surface area contributed by atoms with Gasteiger partial charge in [-0.05, 0) is 22.9 Å². The number of rotatable bonds is 5. The minimum Gasteiger partial charge on any atom is -0.435 e. The quantitative estimate of drug-likeness (QED) is 0.885. The highest BCUT2D eigenvalue weighted by Gasteiger charge is 2.08. The first kappa shape index (κ1) is 13.8. The SMILES string of the molecule is Cn1nnc(NC(=O)Cc2ccc(OC(F)F)cc2)n1. The van der Waals surface area contributed by atoms with E-state index in [2.05, 4.69) is 25.5 Å². The van der Waals surface area contributed by atoms with Gasteiger partial charge in [0.05, 0.1) is 13.5 Å². The van der Waals surface area contributed by atoms with Crippen molar-refractivity contribution in [3.05, 3.63) is 29.8 Å². The lowest BCUT2D eigenvalue weighted by atomic mass is 10.1. The summed E-state index contributed by atoms with van der Waals surface area (Å²) in [5, 5.41) is 13.4. The highest BCUT2D eigenvalue weighted by molar-refractivity contribution is 5.90. The molecule has 1 aromatic carbocycles. The number of halogens is 2. The Balaban J connectivity index is 1.91. The summed E-state index contributed by atoms with van der Waals surface area (Å²) in [6.45, 7) is -2.87. The van der Waals surface area contributed by atoms with Gasteiger partial charge in [0.25, 0.3) is 5.95 Å². The first-order valence-corrected chi connectivity index (χ1v) is 5.60. The van der Waals surface area contributed by atoms with Gasteiger partial charge in [-0.25, -0.2) is 0 Å². The highest BCUT2D eigenvalue weighted by Crippen LogP contribution is 2.15. The van der Waals surface area contributed by atoms with Gasteiger partial charge in [0, 0.05) is 0 Å². The number of carbonyl (C=O) groups is 1. The molecule has 9 heteroatoms. The molecule has 20 heavy (non-hydrogen) atoms. The Kier molecular flexibility index (Phi) is 4.18. The zero-order chi connectivity index (χ0) is 14.5. The van der Waals surface area contributed by atoms with E-state index in [1.807, 2.05) is 0 Å². The van der Waals surface area contributed by atoms with Crippen LogP contribution in [0.2, 0.25) is 0 Å². The predicted molar refractivity (Wildman–Crippen MR) is 64.2 cm³/mol. The molecule has 0 spiro atoms. The fourth-order valence-electron chi connectivity index (χ4n) is 1.48. The lowest BCUT2D eigenvalue weighted by molar-refractivity contribution is -0.115. The molecule has 0 radical (unpaired) electrons. The van der Waals surface area contributed by atoms with Crippen LogP contribution in [0.4, 0.5) is 14.7 Å². The molecule has 0 atom stereocenters. The molecule has 0 saturated carbocycles. The fourth-order valence-corrected chi connectivity index (χ4v) is 1.48. The Morgan fingerprint density at radius 3 is 2.65 bits per heavy atom. The molecular weight excluding hydrogens is 272 g/mol. The van der Waals surface area contributed by atoms with Crippen LogP contribution in [0.3, 0.4) is 0 Å². The minimum absolute atomic E-state index is 0.0414. The van der Waals surface area contributed by atoms with Gasteiger partial charge in [-0.2, -0.15) is 13.6 Å². The van der Waals surface area contributed by atoms with E-state index in [4.69, 9.17) is 0 Å². The summed E-state index contributed by atoms with van der Waals surface area (Å²) in [5.41, 5.74) is 0.646. The van der Waals surface area contributed by atoms with Gasteiger partial charge in [0.2, 0.25) is 5.91 Å². The predicted octanol–water partition coefficient (Wildman–Crippen LogP) is 0.993. The summed E-state index contributed by atoms with van der Waals surface area (Å²) in [7, 11) is 1.57. The number of nitrogens with zero attached hydrogens (tertiary/aromatic N) is 4. The van der Waals surface area contributed by atoms with E-state index in [1.165, 1.54) is 29.1 Å². The number of alkyl halides is 2. The van der Waals surface area contributed by atoms with Gasteiger partial charge >= 0.3 is 6.61 Å². The molecule has 1 N–H and O–H groups in total. The first-order chi connectivity index (χ1) is 9.52. The van der Waals surface area contributed by atoms with Crippen molar-refractivity contribution < 1.29 is 18.3 Å². The Morgan fingerprint density at radius 2 is 2.10 bits per heavy atom. The smallest absolute Gasteiger partial charge is 0.387 e. The molecule has 1 aromatic heterocycles. The highest BCUT2D eigenvalue weighted by atomic mass is 19.3. The monoisotopic (exact) mass is 283 g/mol. The van der Waals surface area contributed by atoms with Crippen molar-refractivity contribution in [1.82, 2.24) is 20.2 Å². The van der Waals surface area contributed by atoms with Gasteiger partial charge in [0.15, 0.2) is 0 Å². The second kappa shape index (κ2) is 6.04. The molecule has 2 aromatic rings. The Hall–Kier alpha value is -2.58. The van der Waals surface area contributed by atoms with Crippen molar-refractivity contribution in [3.63, 3.8) is 0 Å². The number of aryl methyl sites for hydroxylation is 1. The van der Waals surface area contributed by atoms with Gasteiger partial charge in [-0.15, -0.1) is 5.10 Å². The van der Waals surface area contributed by atoms with Gasteiger partial charge in [-0.3, -0.25) is 10.1 Å². The van der Waals surface area contributed by atoms with Crippen LogP contribution in [0.1, 0.15) is 5.56 Å². The van der Waals surface area contributed by atoms with Crippen molar-refractivity contribution in [2.75, 3.05) is 5.32 Å². The summed E-state index contributed by atoms with van der Waals surface area (Å²) in [6.07, 6.45) is 0.0627. The molecule has 0 aliphatic carbocycles. The number of carbonyl (C=O) groups excluding carboxylic acids is 1. The van der Waals surface area contributed by atoms with Gasteiger partial charge in [0.1, 0.15) is 5.75 Å². The largest absolute Gasteiger partial charge is 0.435 e. The zero-order valence-electron chi connectivity index (χ0n) is 10.5. The number of benzene rings is 1. The van der Waals surface area contributed by atoms with E-state index >= 15 is 0 Å². The molecule has 0 aliphatic heterocycles. The van der Waals surface area contributed by atoms with Crippen molar-refractivity contribution in [2.45, 2.75) is 13.0 Å². The molecule has 2 rings (SSSR count). The number of anilines is 1. The topological polar surface area (TPSA) is 81.9 Å². The average Bonchev–Trinajstić information content (AvgIpc) is 2.76. The standard InChI is InChI=1S/C11H11F2N5O2/c1-18-16-11(15-17-18)14-9(19)6-7-2-4-8(5-3-7)20-10(12)13/h2-5,10H,6H2,1H3,(H,14,16,19). The normalized spacial score (nSPS) is 10.6. The van der Waals surface area contributed by atoms with Crippen LogP contribution in [0.15, 0.2) is 24.3 Å². The van der Waals surface area contributed by atoms with Crippen LogP contribution >= 0.6 is 0 Å². The summed E-state index contributed by atoms with van der Waals surface area (Å²) < 4.78 is 28.1. The van der Waals surface area contributed by atoms with Gasteiger partial charge < -0.3 is 4.74 Å². The molecule has 0 fully saturated rings. The van der Waals surface area contributed by atoms with Crippen molar-refractivity contribution in [1.29, 1.82) is 0 Å². The van der Waals surface area contributed by atoms with E-state index < -0.39 is 6.61 Å². The van der Waals surface area contributed by atoms with E-state index in [-0.39, 0.29) is 24.0 Å². The zero-order valence-corrected chi connectivity index (χ0v) is 10.5. The average molecular weight is 283 g/mol. The summed E-state index contributed by atoms with van der Waals surface area (Å²) in [5.74, 6) is -0.185. The molecule has 1 amide bonds. The van der Waals surface area contributed by atoms with Crippen LogP contribution in [0, 0.1) is 0 Å². The molecule has 0 aliphatic rings. The maximum atomic E-state index is 12.0. The number of hydrogen-bond donors (Lipinski definition) is 1. The van der Waals surface area contributed by atoms with Crippen LogP contribution < -0.4 is 10.1 Å². The number of tetrazole rings is 1. The summed E-state index contributed by atoms with van der Waals surface area (Å²) in [6, 6.07) is 5.80. The number of ether oxygens (including phenoxy) is 1. The van der Waals surface area contributed by atoms with Crippen LogP contribution in [0.5, 0.6) is 5.75 Å². The number of hydrogen-bond acceptors (Lipinski definition) is 5. The summed E-state index contributed by atoms with van der Waals surface area (Å²) in [4.78, 5) is 12.9. The molecular formula is C11H11F2N5O2. The number of nitrogens with one attached hydrogen (secondary N) is 1. The second-order valence-corrected chi connectivity index (χ2v) is 3.85. The van der Waals surface area contributed by atoms with E-state index in [1.54, 1.807) is 7.05 Å². The van der Waals surface area contributed by atoms with Crippen molar-refractivity contribution in [2.24, 2.45) is 7.05 Å². The van der Waals surface area contributed by atoms with Crippen LogP contribution in [0.25, 0.3) is 0 Å².